The molecule has 0 atom stereocenters. The van der Waals surface area contributed by atoms with Crippen LogP contribution in [0, 0.1) is 10.1 Å². The molecule has 0 saturated carbocycles. The fraction of sp³-hybridized carbons (Fsp3) is 0.250. The fourth-order valence-electron chi connectivity index (χ4n) is 1.57. The van der Waals surface area contributed by atoms with Crippen molar-refractivity contribution in [3.63, 3.8) is 0 Å². The number of hydrogen-bond acceptors (Lipinski definition) is 5. The van der Waals surface area contributed by atoms with Crippen molar-refractivity contribution in [2.45, 2.75) is 19.9 Å². The lowest BCUT2D eigenvalue weighted by atomic mass is 10.2. The van der Waals surface area contributed by atoms with Gasteiger partial charge in [0.2, 0.25) is 0 Å². The number of rotatable bonds is 5. The van der Waals surface area contributed by atoms with Crippen molar-refractivity contribution in [2.24, 2.45) is 0 Å². The van der Waals surface area contributed by atoms with Crippen LogP contribution < -0.4 is 5.32 Å². The predicted octanol–water partition coefficient (Wildman–Crippen LogP) is 3.88. The average Bonchev–Trinajstić information content (AvgIpc) is 2.85. The highest BCUT2D eigenvalue weighted by Crippen LogP contribution is 2.28. The number of aromatic nitrogens is 1. The first-order valence-electron chi connectivity index (χ1n) is 5.71. The van der Waals surface area contributed by atoms with Crippen LogP contribution in [-0.2, 0) is 13.0 Å². The van der Waals surface area contributed by atoms with Crippen LogP contribution in [0.2, 0.25) is 5.02 Å². The highest BCUT2D eigenvalue weighted by atomic mass is 35.5. The van der Waals surface area contributed by atoms with E-state index in [1.165, 1.54) is 10.9 Å². The summed E-state index contributed by atoms with van der Waals surface area (Å²) in [5.41, 5.74) is 0.419. The Hall–Kier alpha value is -1.66. The topological polar surface area (TPSA) is 68.1 Å². The summed E-state index contributed by atoms with van der Waals surface area (Å²) in [6.45, 7) is 2.53. The highest BCUT2D eigenvalue weighted by molar-refractivity contribution is 7.11. The molecule has 0 radical (unpaired) electrons. The molecule has 0 saturated heterocycles. The van der Waals surface area contributed by atoms with E-state index >= 15 is 0 Å². The average molecular weight is 298 g/mol. The van der Waals surface area contributed by atoms with Crippen molar-refractivity contribution in [2.75, 3.05) is 5.32 Å². The molecule has 1 aromatic carbocycles. The van der Waals surface area contributed by atoms with E-state index in [1.807, 2.05) is 6.20 Å². The smallest absolute Gasteiger partial charge is 0.293 e. The standard InChI is InChI=1S/C12H12ClN3O2S/c1-2-9-6-15-12(19-9)7-14-10-4-3-8(13)5-11(10)16(17)18/h3-6,14H,2,7H2,1H3. The summed E-state index contributed by atoms with van der Waals surface area (Å²) in [7, 11) is 0. The first kappa shape index (κ1) is 13.8. The van der Waals surface area contributed by atoms with Gasteiger partial charge in [-0.1, -0.05) is 18.5 Å². The maximum absolute atomic E-state index is 10.9. The van der Waals surface area contributed by atoms with Crippen LogP contribution in [0.25, 0.3) is 0 Å². The van der Waals surface area contributed by atoms with E-state index in [-0.39, 0.29) is 5.69 Å². The highest BCUT2D eigenvalue weighted by Gasteiger charge is 2.14. The number of aryl methyl sites for hydroxylation is 1. The van der Waals surface area contributed by atoms with Crippen LogP contribution in [-0.4, -0.2) is 9.91 Å². The zero-order valence-corrected chi connectivity index (χ0v) is 11.8. The van der Waals surface area contributed by atoms with E-state index in [1.54, 1.807) is 23.5 Å². The summed E-state index contributed by atoms with van der Waals surface area (Å²) in [4.78, 5) is 15.9. The van der Waals surface area contributed by atoms with Gasteiger partial charge < -0.3 is 5.32 Å². The zero-order valence-electron chi connectivity index (χ0n) is 10.2. The van der Waals surface area contributed by atoms with Gasteiger partial charge in [-0.25, -0.2) is 4.98 Å². The molecule has 100 valence electrons. The number of nitrogens with zero attached hydrogens (tertiary/aromatic N) is 2. The molecule has 0 spiro atoms. The van der Waals surface area contributed by atoms with E-state index < -0.39 is 4.92 Å². The first-order valence-corrected chi connectivity index (χ1v) is 6.91. The molecule has 0 unspecified atom stereocenters. The Morgan fingerprint density at radius 1 is 1.53 bits per heavy atom. The number of benzene rings is 1. The lowest BCUT2D eigenvalue weighted by molar-refractivity contribution is -0.383. The number of hydrogen-bond donors (Lipinski definition) is 1. The van der Waals surface area contributed by atoms with E-state index in [0.717, 1.165) is 11.4 Å². The van der Waals surface area contributed by atoms with Gasteiger partial charge in [-0.3, -0.25) is 10.1 Å². The van der Waals surface area contributed by atoms with Gasteiger partial charge in [-0.05, 0) is 18.6 Å². The van der Waals surface area contributed by atoms with Gasteiger partial charge in [0, 0.05) is 22.2 Å². The van der Waals surface area contributed by atoms with Gasteiger partial charge in [0.25, 0.3) is 5.69 Å². The van der Waals surface area contributed by atoms with Crippen molar-refractivity contribution in [3.8, 4) is 0 Å². The van der Waals surface area contributed by atoms with Crippen LogP contribution in [0.5, 0.6) is 0 Å². The summed E-state index contributed by atoms with van der Waals surface area (Å²) in [5.74, 6) is 0. The Morgan fingerprint density at radius 2 is 2.32 bits per heavy atom. The third-order valence-electron chi connectivity index (χ3n) is 2.54. The molecule has 1 N–H and O–H groups in total. The van der Waals surface area contributed by atoms with Crippen molar-refractivity contribution >= 4 is 34.3 Å². The summed E-state index contributed by atoms with van der Waals surface area (Å²) in [5, 5.41) is 15.2. The second-order valence-electron chi connectivity index (χ2n) is 3.85. The van der Waals surface area contributed by atoms with Gasteiger partial charge in [-0.15, -0.1) is 11.3 Å². The minimum absolute atomic E-state index is 0.0280. The van der Waals surface area contributed by atoms with Gasteiger partial charge in [0.15, 0.2) is 0 Å². The molecule has 0 aliphatic rings. The molecule has 0 bridgehead atoms. The molecule has 0 aliphatic heterocycles. The molecule has 2 aromatic rings. The summed E-state index contributed by atoms with van der Waals surface area (Å²) in [6.07, 6.45) is 2.77. The van der Waals surface area contributed by atoms with E-state index in [4.69, 9.17) is 11.6 Å². The summed E-state index contributed by atoms with van der Waals surface area (Å²) < 4.78 is 0. The minimum Gasteiger partial charge on any atom is -0.373 e. The van der Waals surface area contributed by atoms with Crippen molar-refractivity contribution < 1.29 is 4.92 Å². The Bertz CT molecular complexity index is 600. The quantitative estimate of drug-likeness (QED) is 0.672. The molecule has 0 amide bonds. The molecule has 19 heavy (non-hydrogen) atoms. The van der Waals surface area contributed by atoms with E-state index in [0.29, 0.717) is 17.3 Å². The molecular weight excluding hydrogens is 286 g/mol. The SMILES string of the molecule is CCc1cnc(CNc2ccc(Cl)cc2[N+](=O)[O-])s1. The van der Waals surface area contributed by atoms with E-state index in [2.05, 4.69) is 17.2 Å². The van der Waals surface area contributed by atoms with Crippen LogP contribution >= 0.6 is 22.9 Å². The lowest BCUT2D eigenvalue weighted by Gasteiger charge is -2.05. The maximum Gasteiger partial charge on any atom is 0.293 e. The number of nitrogens with one attached hydrogen (secondary N) is 1. The number of thiazole rings is 1. The molecular formula is C12H12ClN3O2S. The third-order valence-corrected chi connectivity index (χ3v) is 3.91. The third kappa shape index (κ3) is 3.42. The van der Waals surface area contributed by atoms with Gasteiger partial charge in [0.05, 0.1) is 11.5 Å². The molecule has 5 nitrogen and oxygen atoms in total. The largest absolute Gasteiger partial charge is 0.373 e. The molecule has 1 aromatic heterocycles. The van der Waals surface area contributed by atoms with Crippen LogP contribution in [0.3, 0.4) is 0 Å². The second-order valence-corrected chi connectivity index (χ2v) is 5.48. The molecule has 1 heterocycles. The van der Waals surface area contributed by atoms with Gasteiger partial charge in [-0.2, -0.15) is 0 Å². The Morgan fingerprint density at radius 3 is 2.95 bits per heavy atom. The summed E-state index contributed by atoms with van der Waals surface area (Å²) >= 11 is 7.36. The second kappa shape index (κ2) is 5.99. The lowest BCUT2D eigenvalue weighted by Crippen LogP contribution is -2.02. The molecule has 0 aliphatic carbocycles. The monoisotopic (exact) mass is 297 g/mol. The zero-order chi connectivity index (χ0) is 13.8. The molecule has 7 heteroatoms. The van der Waals surface area contributed by atoms with E-state index in [9.17, 15) is 10.1 Å². The Balaban J connectivity index is 2.12. The van der Waals surface area contributed by atoms with Crippen LogP contribution in [0.1, 0.15) is 16.8 Å². The number of anilines is 1. The normalized spacial score (nSPS) is 10.4. The predicted molar refractivity (Wildman–Crippen MR) is 76.9 cm³/mol. The number of nitro groups is 1. The Kier molecular flexibility index (Phi) is 4.34. The van der Waals surface area contributed by atoms with Crippen molar-refractivity contribution in [1.29, 1.82) is 0 Å². The maximum atomic E-state index is 10.9. The van der Waals surface area contributed by atoms with Crippen molar-refractivity contribution in [3.05, 3.63) is 49.4 Å². The first-order chi connectivity index (χ1) is 9.10. The number of halogens is 1. The van der Waals surface area contributed by atoms with Gasteiger partial charge in [0.1, 0.15) is 10.7 Å². The van der Waals surface area contributed by atoms with Gasteiger partial charge >= 0.3 is 0 Å². The number of nitro benzene ring substituents is 1. The molecule has 0 fully saturated rings. The minimum atomic E-state index is -0.451. The molecule has 2 rings (SSSR count). The summed E-state index contributed by atoms with van der Waals surface area (Å²) in [6, 6.07) is 4.56. The van der Waals surface area contributed by atoms with Crippen molar-refractivity contribution in [1.82, 2.24) is 4.98 Å². The van der Waals surface area contributed by atoms with Crippen LogP contribution in [0.15, 0.2) is 24.4 Å². The van der Waals surface area contributed by atoms with Crippen LogP contribution in [0.4, 0.5) is 11.4 Å². The Labute approximate surface area is 119 Å². The fourth-order valence-corrected chi connectivity index (χ4v) is 2.54.